The number of carboxylic acid groups (broad SMARTS) is 1. The topological polar surface area (TPSA) is 37.3 Å². The molecule has 0 aliphatic carbocycles. The standard InChI is InChI=1S/C4H6O2.C2H6/c1-3(2)4(5)6;1-2/h1H2,2H3,(H,5,6);1-2H3. The van der Waals surface area contributed by atoms with E-state index >= 15 is 0 Å². The molecule has 0 fully saturated rings. The summed E-state index contributed by atoms with van der Waals surface area (Å²) in [6.45, 7) is 8.60. The van der Waals surface area contributed by atoms with Gasteiger partial charge < -0.3 is 5.11 Å². The Balaban J connectivity index is 0. The summed E-state index contributed by atoms with van der Waals surface area (Å²) >= 11 is 0. The van der Waals surface area contributed by atoms with E-state index in [-0.39, 0.29) is 5.57 Å². The smallest absolute Gasteiger partial charge is 0.330 e. The maximum absolute atomic E-state index is 9.60. The number of carbonyl (C=O) groups is 1. The van der Waals surface area contributed by atoms with E-state index in [9.17, 15) is 4.79 Å². The van der Waals surface area contributed by atoms with Crippen LogP contribution < -0.4 is 0 Å². The van der Waals surface area contributed by atoms with Crippen molar-refractivity contribution in [1.82, 2.24) is 0 Å². The van der Waals surface area contributed by atoms with Crippen LogP contribution in [0.25, 0.3) is 0 Å². The zero-order valence-corrected chi connectivity index (χ0v) is 5.56. The molecule has 0 amide bonds. The molecule has 0 aliphatic rings. The van der Waals surface area contributed by atoms with Crippen molar-refractivity contribution in [2.24, 2.45) is 0 Å². The molecule has 0 aromatic rings. The lowest BCUT2D eigenvalue weighted by Crippen LogP contribution is -1.92. The van der Waals surface area contributed by atoms with E-state index in [4.69, 9.17) is 5.11 Å². The molecular formula is C6H12O2. The van der Waals surface area contributed by atoms with Crippen LogP contribution >= 0.6 is 0 Å². The molecule has 0 bridgehead atoms. The number of rotatable bonds is 1. The first kappa shape index (κ1) is 10.2. The predicted molar refractivity (Wildman–Crippen MR) is 33.8 cm³/mol. The molecule has 48 valence electrons. The second kappa shape index (κ2) is 6.21. The molecule has 0 radical (unpaired) electrons. The van der Waals surface area contributed by atoms with Crippen molar-refractivity contribution in [2.45, 2.75) is 20.8 Å². The van der Waals surface area contributed by atoms with E-state index in [1.165, 1.54) is 6.92 Å². The first-order valence-corrected chi connectivity index (χ1v) is 2.53. The second-order valence-electron chi connectivity index (χ2n) is 1.09. The van der Waals surface area contributed by atoms with Crippen molar-refractivity contribution in [2.75, 3.05) is 0 Å². The molecule has 0 aromatic heterocycles. The van der Waals surface area contributed by atoms with E-state index in [1.54, 1.807) is 0 Å². The summed E-state index contributed by atoms with van der Waals surface area (Å²) in [4.78, 5) is 9.60. The quantitative estimate of drug-likeness (QED) is 0.529. The fraction of sp³-hybridized carbons (Fsp3) is 0.500. The highest BCUT2D eigenvalue weighted by Gasteiger charge is 1.90. The van der Waals surface area contributed by atoms with Crippen LogP contribution in [0.2, 0.25) is 0 Å². The minimum Gasteiger partial charge on any atom is -0.478 e. The van der Waals surface area contributed by atoms with Crippen molar-refractivity contribution in [3.63, 3.8) is 0 Å². The average molecular weight is 116 g/mol. The van der Waals surface area contributed by atoms with E-state index in [0.717, 1.165) is 0 Å². The third-order valence-electron chi connectivity index (χ3n) is 0.365. The Hall–Kier alpha value is -0.790. The van der Waals surface area contributed by atoms with E-state index in [2.05, 4.69) is 6.58 Å². The largest absolute Gasteiger partial charge is 0.478 e. The van der Waals surface area contributed by atoms with Crippen LogP contribution in [0, 0.1) is 0 Å². The molecule has 0 aliphatic heterocycles. The molecule has 0 unspecified atom stereocenters. The fourth-order valence-corrected chi connectivity index (χ4v) is 0. The van der Waals surface area contributed by atoms with Gasteiger partial charge in [-0.05, 0) is 6.92 Å². The van der Waals surface area contributed by atoms with Gasteiger partial charge in [0.15, 0.2) is 0 Å². The summed E-state index contributed by atoms with van der Waals surface area (Å²) in [5.74, 6) is -0.935. The van der Waals surface area contributed by atoms with Crippen LogP contribution in [0.3, 0.4) is 0 Å². The number of hydrogen-bond donors (Lipinski definition) is 1. The molecule has 0 aromatic carbocycles. The highest BCUT2D eigenvalue weighted by atomic mass is 16.4. The van der Waals surface area contributed by atoms with E-state index in [1.807, 2.05) is 13.8 Å². The SMILES string of the molecule is C=C(C)C(=O)O.CC. The van der Waals surface area contributed by atoms with Crippen molar-refractivity contribution in [3.05, 3.63) is 12.2 Å². The highest BCUT2D eigenvalue weighted by molar-refractivity contribution is 5.84. The molecule has 0 heterocycles. The van der Waals surface area contributed by atoms with Gasteiger partial charge in [-0.25, -0.2) is 4.79 Å². The highest BCUT2D eigenvalue weighted by Crippen LogP contribution is 1.81. The van der Waals surface area contributed by atoms with Crippen LogP contribution in [0.5, 0.6) is 0 Å². The van der Waals surface area contributed by atoms with E-state index in [0.29, 0.717) is 0 Å². The summed E-state index contributed by atoms with van der Waals surface area (Å²) in [6, 6.07) is 0. The zero-order chi connectivity index (χ0) is 7.15. The van der Waals surface area contributed by atoms with Gasteiger partial charge in [0.05, 0.1) is 0 Å². The zero-order valence-electron chi connectivity index (χ0n) is 5.56. The monoisotopic (exact) mass is 116 g/mol. The van der Waals surface area contributed by atoms with Crippen LogP contribution in [0.1, 0.15) is 20.8 Å². The summed E-state index contributed by atoms with van der Waals surface area (Å²) in [5.41, 5.74) is 0.176. The Bertz CT molecular complexity index is 72.5. The number of aliphatic carboxylic acids is 1. The first-order chi connectivity index (χ1) is 3.64. The minimum atomic E-state index is -0.935. The molecule has 2 heteroatoms. The van der Waals surface area contributed by atoms with Gasteiger partial charge in [0.2, 0.25) is 0 Å². The van der Waals surface area contributed by atoms with Gasteiger partial charge in [-0.2, -0.15) is 0 Å². The summed E-state index contributed by atoms with van der Waals surface area (Å²) < 4.78 is 0. The lowest BCUT2D eigenvalue weighted by molar-refractivity contribution is -0.132. The van der Waals surface area contributed by atoms with Crippen LogP contribution in [-0.4, -0.2) is 11.1 Å². The number of hydrogen-bond acceptors (Lipinski definition) is 1. The molecule has 0 atom stereocenters. The Labute approximate surface area is 49.8 Å². The summed E-state index contributed by atoms with van der Waals surface area (Å²) in [6.07, 6.45) is 0. The van der Waals surface area contributed by atoms with E-state index < -0.39 is 5.97 Å². The predicted octanol–water partition coefficient (Wildman–Crippen LogP) is 1.67. The Morgan fingerprint density at radius 2 is 1.62 bits per heavy atom. The third-order valence-corrected chi connectivity index (χ3v) is 0.365. The number of carboxylic acids is 1. The van der Waals surface area contributed by atoms with Gasteiger partial charge in [0, 0.05) is 5.57 Å². The Morgan fingerprint density at radius 3 is 1.62 bits per heavy atom. The van der Waals surface area contributed by atoms with Gasteiger partial charge in [-0.3, -0.25) is 0 Å². The van der Waals surface area contributed by atoms with Gasteiger partial charge in [0.25, 0.3) is 0 Å². The summed E-state index contributed by atoms with van der Waals surface area (Å²) in [7, 11) is 0. The lowest BCUT2D eigenvalue weighted by atomic mass is 10.4. The molecule has 0 spiro atoms. The molecule has 2 nitrogen and oxygen atoms in total. The average Bonchev–Trinajstić information content (AvgIpc) is 1.72. The molecule has 8 heavy (non-hydrogen) atoms. The van der Waals surface area contributed by atoms with Crippen LogP contribution in [0.4, 0.5) is 0 Å². The maximum atomic E-state index is 9.60. The first-order valence-electron chi connectivity index (χ1n) is 2.53. The van der Waals surface area contributed by atoms with Gasteiger partial charge >= 0.3 is 5.97 Å². The van der Waals surface area contributed by atoms with Gasteiger partial charge in [-0.1, -0.05) is 20.4 Å². The van der Waals surface area contributed by atoms with Crippen molar-refractivity contribution in [1.29, 1.82) is 0 Å². The second-order valence-corrected chi connectivity index (χ2v) is 1.09. The van der Waals surface area contributed by atoms with Crippen molar-refractivity contribution in [3.8, 4) is 0 Å². The van der Waals surface area contributed by atoms with Crippen LogP contribution in [0.15, 0.2) is 12.2 Å². The maximum Gasteiger partial charge on any atom is 0.330 e. The molecule has 0 saturated heterocycles. The van der Waals surface area contributed by atoms with Gasteiger partial charge in [0.1, 0.15) is 0 Å². The molecular weight excluding hydrogens is 104 g/mol. The molecule has 0 rings (SSSR count). The third kappa shape index (κ3) is 8.96. The normalized spacial score (nSPS) is 6.38. The fourth-order valence-electron chi connectivity index (χ4n) is 0. The lowest BCUT2D eigenvalue weighted by Gasteiger charge is -1.79. The Morgan fingerprint density at radius 1 is 1.50 bits per heavy atom. The molecule has 1 N–H and O–H groups in total. The van der Waals surface area contributed by atoms with Gasteiger partial charge in [-0.15, -0.1) is 0 Å². The summed E-state index contributed by atoms with van der Waals surface area (Å²) in [5, 5.41) is 7.89. The van der Waals surface area contributed by atoms with Crippen molar-refractivity contribution < 1.29 is 9.90 Å². The van der Waals surface area contributed by atoms with Crippen molar-refractivity contribution >= 4 is 5.97 Å². The Kier molecular flexibility index (Phi) is 7.95. The minimum absolute atomic E-state index is 0.176. The molecule has 0 saturated carbocycles. The van der Waals surface area contributed by atoms with Crippen LogP contribution in [-0.2, 0) is 4.79 Å².